The summed E-state index contributed by atoms with van der Waals surface area (Å²) in [6.45, 7) is 0.283. The monoisotopic (exact) mass is 228 g/mol. The lowest BCUT2D eigenvalue weighted by Gasteiger charge is -2.10. The summed E-state index contributed by atoms with van der Waals surface area (Å²) >= 11 is 5.97. The molecule has 0 saturated heterocycles. The smallest absolute Gasteiger partial charge is 0.234 e. The van der Waals surface area contributed by atoms with E-state index in [9.17, 15) is 4.79 Å². The van der Waals surface area contributed by atoms with Gasteiger partial charge in [0.05, 0.1) is 13.7 Å². The third-order valence-corrected chi connectivity index (χ3v) is 2.30. The number of hydrogen-bond acceptors (Lipinski definition) is 3. The fraction of sp³-hybridized carbons (Fsp3) is 0.300. The lowest BCUT2D eigenvalue weighted by Crippen LogP contribution is -2.29. The second-order valence-electron chi connectivity index (χ2n) is 2.90. The topological polar surface area (TPSA) is 64.3 Å². The molecule has 5 heteroatoms. The number of halogens is 1. The van der Waals surface area contributed by atoms with Gasteiger partial charge in [-0.05, 0) is 12.1 Å². The average molecular weight is 229 g/mol. The van der Waals surface area contributed by atoms with Gasteiger partial charge in [-0.2, -0.15) is 0 Å². The second kappa shape index (κ2) is 5.58. The summed E-state index contributed by atoms with van der Waals surface area (Å²) in [5.41, 5.74) is 5.92. The highest BCUT2D eigenvalue weighted by atomic mass is 35.5. The molecule has 0 aromatic heterocycles. The Morgan fingerprint density at radius 2 is 2.33 bits per heavy atom. The number of benzene rings is 1. The molecular weight excluding hydrogens is 216 g/mol. The lowest BCUT2D eigenvalue weighted by molar-refractivity contribution is -0.119. The molecule has 0 bridgehead atoms. The molecule has 1 aromatic rings. The van der Waals surface area contributed by atoms with Crippen LogP contribution in [-0.2, 0) is 11.3 Å². The summed E-state index contributed by atoms with van der Waals surface area (Å²) in [4.78, 5) is 11.0. The summed E-state index contributed by atoms with van der Waals surface area (Å²) < 4.78 is 5.13. The Morgan fingerprint density at radius 3 is 2.93 bits per heavy atom. The Balaban J connectivity index is 2.78. The number of amides is 1. The number of rotatable bonds is 4. The molecule has 0 aliphatic heterocycles. The normalized spacial score (nSPS) is 9.80. The van der Waals surface area contributed by atoms with Crippen molar-refractivity contribution in [1.29, 1.82) is 0 Å². The van der Waals surface area contributed by atoms with Crippen LogP contribution in [0, 0.1) is 0 Å². The minimum absolute atomic E-state index is 0.0350. The van der Waals surface area contributed by atoms with Crippen LogP contribution in [0.4, 0.5) is 0 Å². The number of carbonyl (C=O) groups excluding carboxylic acids is 1. The van der Waals surface area contributed by atoms with E-state index in [1.54, 1.807) is 25.3 Å². The molecule has 4 nitrogen and oxygen atoms in total. The van der Waals surface area contributed by atoms with E-state index < -0.39 is 0 Å². The minimum atomic E-state index is -0.225. The molecule has 0 aliphatic rings. The van der Waals surface area contributed by atoms with E-state index in [4.69, 9.17) is 22.1 Å². The third kappa shape index (κ3) is 3.11. The number of carbonyl (C=O) groups is 1. The van der Waals surface area contributed by atoms with Crippen LogP contribution in [0.25, 0.3) is 0 Å². The van der Waals surface area contributed by atoms with Crippen LogP contribution in [-0.4, -0.2) is 19.6 Å². The fourth-order valence-electron chi connectivity index (χ4n) is 1.16. The molecule has 1 aromatic carbocycles. The van der Waals surface area contributed by atoms with Crippen molar-refractivity contribution < 1.29 is 9.53 Å². The molecule has 0 saturated carbocycles. The summed E-state index contributed by atoms with van der Waals surface area (Å²) in [5, 5.41) is 3.20. The summed E-state index contributed by atoms with van der Waals surface area (Å²) in [5.74, 6) is 0.428. The third-order valence-electron chi connectivity index (χ3n) is 1.94. The summed E-state index contributed by atoms with van der Waals surface area (Å²) in [6, 6.07) is 5.32. The van der Waals surface area contributed by atoms with Crippen LogP contribution in [0.1, 0.15) is 5.56 Å². The quantitative estimate of drug-likeness (QED) is 0.806. The Hall–Kier alpha value is -1.26. The van der Waals surface area contributed by atoms with Gasteiger partial charge in [0.25, 0.3) is 0 Å². The van der Waals surface area contributed by atoms with Gasteiger partial charge in [-0.3, -0.25) is 4.79 Å². The Labute approximate surface area is 93.4 Å². The van der Waals surface area contributed by atoms with E-state index in [-0.39, 0.29) is 12.5 Å². The zero-order chi connectivity index (χ0) is 11.3. The molecule has 82 valence electrons. The average Bonchev–Trinajstić information content (AvgIpc) is 2.26. The Morgan fingerprint density at radius 1 is 1.60 bits per heavy atom. The maximum Gasteiger partial charge on any atom is 0.234 e. The van der Waals surface area contributed by atoms with E-state index in [2.05, 4.69) is 5.32 Å². The maximum absolute atomic E-state index is 11.0. The van der Waals surface area contributed by atoms with E-state index in [0.29, 0.717) is 17.3 Å². The number of nitrogens with two attached hydrogens (primary N) is 1. The van der Waals surface area contributed by atoms with Crippen molar-refractivity contribution in [1.82, 2.24) is 5.32 Å². The first-order valence-corrected chi connectivity index (χ1v) is 4.85. The largest absolute Gasteiger partial charge is 0.496 e. The first-order valence-electron chi connectivity index (χ1n) is 4.47. The highest BCUT2D eigenvalue weighted by Gasteiger charge is 2.08. The SMILES string of the molecule is COc1cccc(Cl)c1CNC(=O)CN. The molecule has 0 radical (unpaired) electrons. The number of methoxy groups -OCH3 is 1. The van der Waals surface area contributed by atoms with Crippen molar-refractivity contribution in [3.63, 3.8) is 0 Å². The second-order valence-corrected chi connectivity index (χ2v) is 3.31. The minimum Gasteiger partial charge on any atom is -0.496 e. The number of ether oxygens (including phenoxy) is 1. The van der Waals surface area contributed by atoms with Gasteiger partial charge in [0.1, 0.15) is 5.75 Å². The van der Waals surface area contributed by atoms with Gasteiger partial charge in [0, 0.05) is 17.1 Å². The van der Waals surface area contributed by atoms with E-state index >= 15 is 0 Å². The van der Waals surface area contributed by atoms with Gasteiger partial charge in [-0.1, -0.05) is 17.7 Å². The van der Waals surface area contributed by atoms with E-state index in [1.807, 2.05) is 0 Å². The first kappa shape index (κ1) is 11.8. The lowest BCUT2D eigenvalue weighted by atomic mass is 10.2. The Bertz CT molecular complexity index is 355. The standard InChI is InChI=1S/C10H13ClN2O2/c1-15-9-4-2-3-8(11)7(9)6-13-10(14)5-12/h2-4H,5-6,12H2,1H3,(H,13,14). The first-order chi connectivity index (χ1) is 7.19. The van der Waals surface area contributed by atoms with E-state index in [0.717, 1.165) is 5.56 Å². The van der Waals surface area contributed by atoms with Gasteiger partial charge in [0.2, 0.25) is 5.91 Å². The summed E-state index contributed by atoms with van der Waals surface area (Å²) in [7, 11) is 1.56. The van der Waals surface area contributed by atoms with Crippen molar-refractivity contribution in [2.75, 3.05) is 13.7 Å². The van der Waals surface area contributed by atoms with Crippen molar-refractivity contribution in [3.8, 4) is 5.75 Å². The van der Waals surface area contributed by atoms with Gasteiger partial charge in [0.15, 0.2) is 0 Å². The fourth-order valence-corrected chi connectivity index (χ4v) is 1.39. The predicted molar refractivity (Wildman–Crippen MR) is 58.9 cm³/mol. The maximum atomic E-state index is 11.0. The Kier molecular flexibility index (Phi) is 4.39. The van der Waals surface area contributed by atoms with Crippen molar-refractivity contribution in [2.45, 2.75) is 6.54 Å². The van der Waals surface area contributed by atoms with E-state index in [1.165, 1.54) is 0 Å². The van der Waals surface area contributed by atoms with Crippen molar-refractivity contribution in [3.05, 3.63) is 28.8 Å². The highest BCUT2D eigenvalue weighted by molar-refractivity contribution is 6.31. The number of hydrogen-bond donors (Lipinski definition) is 2. The molecule has 0 atom stereocenters. The molecule has 0 fully saturated rings. The molecule has 0 spiro atoms. The molecule has 0 heterocycles. The number of nitrogens with one attached hydrogen (secondary N) is 1. The van der Waals surface area contributed by atoms with Crippen molar-refractivity contribution in [2.24, 2.45) is 5.73 Å². The van der Waals surface area contributed by atoms with Crippen LogP contribution < -0.4 is 15.8 Å². The molecule has 0 aliphatic carbocycles. The molecular formula is C10H13ClN2O2. The highest BCUT2D eigenvalue weighted by Crippen LogP contribution is 2.25. The van der Waals surface area contributed by atoms with Crippen LogP contribution in [0.5, 0.6) is 5.75 Å². The zero-order valence-electron chi connectivity index (χ0n) is 8.42. The van der Waals surface area contributed by atoms with Crippen LogP contribution >= 0.6 is 11.6 Å². The predicted octanol–water partition coefficient (Wildman–Crippen LogP) is 0.923. The molecule has 1 amide bonds. The van der Waals surface area contributed by atoms with Crippen LogP contribution in [0.3, 0.4) is 0 Å². The van der Waals surface area contributed by atoms with Gasteiger partial charge >= 0.3 is 0 Å². The van der Waals surface area contributed by atoms with Crippen LogP contribution in [0.15, 0.2) is 18.2 Å². The molecule has 1 rings (SSSR count). The molecule has 3 N–H and O–H groups in total. The van der Waals surface area contributed by atoms with Gasteiger partial charge in [-0.25, -0.2) is 0 Å². The van der Waals surface area contributed by atoms with Gasteiger partial charge in [-0.15, -0.1) is 0 Å². The zero-order valence-corrected chi connectivity index (χ0v) is 9.17. The summed E-state index contributed by atoms with van der Waals surface area (Å²) in [6.07, 6.45) is 0. The molecule has 0 unspecified atom stereocenters. The van der Waals surface area contributed by atoms with Gasteiger partial charge < -0.3 is 15.8 Å². The van der Waals surface area contributed by atoms with Crippen molar-refractivity contribution >= 4 is 17.5 Å². The van der Waals surface area contributed by atoms with Crippen LogP contribution in [0.2, 0.25) is 5.02 Å². The molecule has 15 heavy (non-hydrogen) atoms.